The monoisotopic (exact) mass is 405 g/mol. The molecule has 154 valence electrons. The van der Waals surface area contributed by atoms with E-state index in [2.05, 4.69) is 4.98 Å². The molecular formula is C23H23N3O4. The van der Waals surface area contributed by atoms with Crippen LogP contribution < -0.4 is 5.69 Å². The van der Waals surface area contributed by atoms with Crippen molar-refractivity contribution in [2.75, 3.05) is 6.61 Å². The molecule has 0 radical (unpaired) electrons. The molecule has 3 aromatic rings. The molecule has 2 heterocycles. The molecule has 30 heavy (non-hydrogen) atoms. The molecule has 1 N–H and O–H groups in total. The lowest BCUT2D eigenvalue weighted by molar-refractivity contribution is -0.145. The van der Waals surface area contributed by atoms with Crippen LogP contribution in [0, 0.1) is 0 Å². The number of imidazole rings is 1. The highest BCUT2D eigenvalue weighted by molar-refractivity contribution is 5.80. The van der Waals surface area contributed by atoms with Gasteiger partial charge < -0.3 is 14.6 Å². The van der Waals surface area contributed by atoms with Crippen LogP contribution in [0.2, 0.25) is 0 Å². The number of aryl methyl sites for hydroxylation is 1. The van der Waals surface area contributed by atoms with Crippen molar-refractivity contribution in [1.29, 1.82) is 0 Å². The molecule has 0 unspecified atom stereocenters. The third kappa shape index (κ3) is 3.91. The van der Waals surface area contributed by atoms with Gasteiger partial charge in [0.2, 0.25) is 5.91 Å². The number of carbonyl (C=O) groups is 2. The van der Waals surface area contributed by atoms with Gasteiger partial charge in [0.25, 0.3) is 0 Å². The molecular weight excluding hydrogens is 382 g/mol. The summed E-state index contributed by atoms with van der Waals surface area (Å²) < 4.78 is 7.05. The first-order chi connectivity index (χ1) is 14.5. The average molecular weight is 405 g/mol. The number of hydrogen-bond donors (Lipinski definition) is 1. The Kier molecular flexibility index (Phi) is 5.52. The predicted octanol–water partition coefficient (Wildman–Crippen LogP) is 3.23. The summed E-state index contributed by atoms with van der Waals surface area (Å²) in [5, 5.41) is 0. The second-order valence-corrected chi connectivity index (χ2v) is 7.26. The fourth-order valence-electron chi connectivity index (χ4n) is 3.87. The summed E-state index contributed by atoms with van der Waals surface area (Å²) in [4.78, 5) is 41.0. The Morgan fingerprint density at radius 2 is 1.87 bits per heavy atom. The van der Waals surface area contributed by atoms with E-state index in [-0.39, 0.29) is 36.6 Å². The first kappa shape index (κ1) is 19.7. The van der Waals surface area contributed by atoms with Gasteiger partial charge in [-0.05, 0) is 35.8 Å². The minimum absolute atomic E-state index is 0.0773. The minimum Gasteiger partial charge on any atom is -0.466 e. The van der Waals surface area contributed by atoms with Crippen molar-refractivity contribution in [3.05, 3.63) is 76.3 Å². The van der Waals surface area contributed by atoms with Crippen LogP contribution >= 0.6 is 0 Å². The molecule has 0 aliphatic carbocycles. The lowest BCUT2D eigenvalue weighted by Crippen LogP contribution is -2.32. The summed E-state index contributed by atoms with van der Waals surface area (Å²) in [5.74, 6) is -0.500. The van der Waals surface area contributed by atoms with Crippen LogP contribution in [-0.2, 0) is 20.9 Å². The molecule has 1 amide bonds. The highest BCUT2D eigenvalue weighted by atomic mass is 16.5. The van der Waals surface area contributed by atoms with Crippen molar-refractivity contribution in [2.45, 2.75) is 32.4 Å². The number of carbonyl (C=O) groups excluding carboxylic acids is 2. The molecule has 4 rings (SSSR count). The normalized spacial score (nSPS) is 15.2. The molecule has 1 atom stereocenters. The van der Waals surface area contributed by atoms with Crippen LogP contribution in [-0.4, -0.2) is 32.9 Å². The number of nitrogens with zero attached hydrogens (tertiary/aromatic N) is 2. The van der Waals surface area contributed by atoms with E-state index >= 15 is 0 Å². The molecule has 0 fully saturated rings. The van der Waals surface area contributed by atoms with E-state index in [9.17, 15) is 14.4 Å². The Labute approximate surface area is 173 Å². The first-order valence-electron chi connectivity index (χ1n) is 9.94. The number of nitrogens with one attached hydrogen (secondary N) is 1. The molecule has 0 bridgehead atoms. The third-order valence-corrected chi connectivity index (χ3v) is 5.30. The first-order valence-corrected chi connectivity index (χ1v) is 9.94. The number of H-pyrrole nitrogens is 1. The van der Waals surface area contributed by atoms with Crippen LogP contribution in [0.25, 0.3) is 17.1 Å². The van der Waals surface area contributed by atoms with Gasteiger partial charge in [0.05, 0.1) is 30.1 Å². The van der Waals surface area contributed by atoms with Crippen molar-refractivity contribution >= 4 is 29.0 Å². The zero-order chi connectivity index (χ0) is 21.1. The summed E-state index contributed by atoms with van der Waals surface area (Å²) in [6.45, 7) is 2.13. The molecule has 0 saturated carbocycles. The molecule has 1 aromatic heterocycles. The number of amides is 1. The summed E-state index contributed by atoms with van der Waals surface area (Å²) in [6.07, 6.45) is 4.18. The Balaban J connectivity index is 1.36. The Bertz CT molecular complexity index is 1170. The van der Waals surface area contributed by atoms with Crippen LogP contribution in [0.15, 0.2) is 59.5 Å². The average Bonchev–Trinajstić information content (AvgIpc) is 3.06. The number of aromatic amines is 1. The largest absolute Gasteiger partial charge is 0.466 e. The van der Waals surface area contributed by atoms with Gasteiger partial charge in [-0.25, -0.2) is 4.79 Å². The second-order valence-electron chi connectivity index (χ2n) is 7.26. The van der Waals surface area contributed by atoms with E-state index in [0.29, 0.717) is 13.0 Å². The lowest BCUT2D eigenvalue weighted by atomic mass is 9.94. The number of hydrogen-bond acceptors (Lipinski definition) is 4. The van der Waals surface area contributed by atoms with Crippen LogP contribution in [0.3, 0.4) is 0 Å². The molecule has 1 aliphatic heterocycles. The maximum atomic E-state index is 12.5. The van der Waals surface area contributed by atoms with Gasteiger partial charge in [0.15, 0.2) is 0 Å². The smallest absolute Gasteiger partial charge is 0.326 e. The lowest BCUT2D eigenvalue weighted by Gasteiger charge is -2.32. The van der Waals surface area contributed by atoms with E-state index in [0.717, 1.165) is 22.2 Å². The van der Waals surface area contributed by atoms with E-state index in [1.54, 1.807) is 15.7 Å². The summed E-state index contributed by atoms with van der Waals surface area (Å²) in [7, 11) is 0. The van der Waals surface area contributed by atoms with Gasteiger partial charge >= 0.3 is 11.7 Å². The topological polar surface area (TPSA) is 84.4 Å². The maximum Gasteiger partial charge on any atom is 0.326 e. The number of esters is 1. The zero-order valence-electron chi connectivity index (χ0n) is 16.7. The van der Waals surface area contributed by atoms with Crippen molar-refractivity contribution in [3.63, 3.8) is 0 Å². The SMILES string of the molecule is CC(=O)N1C=Cc2ccccc2[C@H]1CC(=O)OCCCn1c(=O)[nH]c2ccccc21. The quantitative estimate of drug-likeness (QED) is 0.504. The van der Waals surface area contributed by atoms with Gasteiger partial charge in [-0.15, -0.1) is 0 Å². The molecule has 2 aromatic carbocycles. The Morgan fingerprint density at radius 3 is 2.70 bits per heavy atom. The molecule has 7 nitrogen and oxygen atoms in total. The fourth-order valence-corrected chi connectivity index (χ4v) is 3.87. The second kappa shape index (κ2) is 8.41. The highest BCUT2D eigenvalue weighted by Gasteiger charge is 2.28. The van der Waals surface area contributed by atoms with Crippen LogP contribution in [0.5, 0.6) is 0 Å². The van der Waals surface area contributed by atoms with E-state index in [1.807, 2.05) is 54.6 Å². The Morgan fingerprint density at radius 1 is 1.10 bits per heavy atom. The van der Waals surface area contributed by atoms with Crippen molar-refractivity contribution < 1.29 is 14.3 Å². The maximum absolute atomic E-state index is 12.5. The fraction of sp³-hybridized carbons (Fsp3) is 0.261. The van der Waals surface area contributed by atoms with Gasteiger partial charge in [0.1, 0.15) is 0 Å². The van der Waals surface area contributed by atoms with E-state index in [1.165, 1.54) is 6.92 Å². The Hall–Kier alpha value is -3.61. The number of para-hydroxylation sites is 2. The summed E-state index contributed by atoms with van der Waals surface area (Å²) in [6, 6.07) is 14.8. The van der Waals surface area contributed by atoms with Crippen molar-refractivity contribution in [2.24, 2.45) is 0 Å². The van der Waals surface area contributed by atoms with Crippen molar-refractivity contribution in [1.82, 2.24) is 14.5 Å². The van der Waals surface area contributed by atoms with Gasteiger partial charge in [0, 0.05) is 19.7 Å². The molecule has 7 heteroatoms. The van der Waals surface area contributed by atoms with Gasteiger partial charge in [-0.3, -0.25) is 14.2 Å². The van der Waals surface area contributed by atoms with Gasteiger partial charge in [-0.2, -0.15) is 0 Å². The predicted molar refractivity (Wildman–Crippen MR) is 113 cm³/mol. The third-order valence-electron chi connectivity index (χ3n) is 5.30. The van der Waals surface area contributed by atoms with E-state index in [4.69, 9.17) is 4.74 Å². The molecule has 0 spiro atoms. The summed E-state index contributed by atoms with van der Waals surface area (Å²) >= 11 is 0. The molecule has 1 aliphatic rings. The minimum atomic E-state index is -0.382. The summed E-state index contributed by atoms with van der Waals surface area (Å²) in [5.41, 5.74) is 3.36. The van der Waals surface area contributed by atoms with Crippen molar-refractivity contribution in [3.8, 4) is 0 Å². The van der Waals surface area contributed by atoms with Crippen LogP contribution in [0.1, 0.15) is 36.9 Å². The number of benzene rings is 2. The number of ether oxygens (including phenoxy) is 1. The van der Waals surface area contributed by atoms with Gasteiger partial charge in [-0.1, -0.05) is 36.4 Å². The highest BCUT2D eigenvalue weighted by Crippen LogP contribution is 2.33. The number of aromatic nitrogens is 2. The number of rotatable bonds is 6. The zero-order valence-corrected chi connectivity index (χ0v) is 16.7. The van der Waals surface area contributed by atoms with E-state index < -0.39 is 0 Å². The molecule has 0 saturated heterocycles. The standard InChI is InChI=1S/C23H23N3O4/c1-16(27)25-13-11-17-7-2-3-8-18(17)21(25)15-22(28)30-14-6-12-26-20-10-5-4-9-19(20)24-23(26)29/h2-5,7-11,13,21H,6,12,14-15H2,1H3,(H,24,29)/t21-/m1/s1. The van der Waals surface area contributed by atoms with Crippen LogP contribution in [0.4, 0.5) is 0 Å². The number of fused-ring (bicyclic) bond motifs is 2.